The fourth-order valence-corrected chi connectivity index (χ4v) is 4.07. The Morgan fingerprint density at radius 3 is 2.54 bits per heavy atom. The highest BCUT2D eigenvalue weighted by Gasteiger charge is 2.37. The first-order valence-electron chi connectivity index (χ1n) is 9.50. The maximum Gasteiger partial charge on any atom is 0.254 e. The normalized spacial score (nSPS) is 27.4. The number of fused-ring (bicyclic) bond motifs is 1. The van der Waals surface area contributed by atoms with Gasteiger partial charge in [-0.05, 0) is 43.2 Å². The molecule has 26 heavy (non-hydrogen) atoms. The largest absolute Gasteiger partial charge is 0.492 e. The summed E-state index contributed by atoms with van der Waals surface area (Å²) in [6.45, 7) is 4.21. The number of hydrogen-bond acceptors (Lipinski definition) is 4. The zero-order chi connectivity index (χ0) is 18.3. The van der Waals surface area contributed by atoms with Crippen molar-refractivity contribution in [1.82, 2.24) is 10.6 Å². The first-order chi connectivity index (χ1) is 12.6. The second-order valence-corrected chi connectivity index (χ2v) is 7.68. The van der Waals surface area contributed by atoms with Gasteiger partial charge in [-0.25, -0.2) is 0 Å². The van der Waals surface area contributed by atoms with Gasteiger partial charge in [-0.15, -0.1) is 0 Å². The Balaban J connectivity index is 1.67. The standard InChI is InChI=1S/C20H26N2O4/c1-11-7-17(11)22-19(23)13-8-14-16(12-3-5-25-6-4-12)10-26-18(14)15(9-13)20(24)21-2/h8-9,11-12,16-17H,3-7,10H2,1-2H3,(H,21,24)(H,22,23)/t11-,16+,17-/m0/s1. The first kappa shape index (κ1) is 17.3. The third-order valence-corrected chi connectivity index (χ3v) is 5.92. The fraction of sp³-hybridized carbons (Fsp3) is 0.600. The molecule has 1 aliphatic carbocycles. The molecule has 4 rings (SSSR count). The highest BCUT2D eigenvalue weighted by atomic mass is 16.5. The third-order valence-electron chi connectivity index (χ3n) is 5.92. The number of benzene rings is 1. The first-order valence-corrected chi connectivity index (χ1v) is 9.50. The molecule has 1 aromatic rings. The van der Waals surface area contributed by atoms with Crippen molar-refractivity contribution in [3.05, 3.63) is 28.8 Å². The summed E-state index contributed by atoms with van der Waals surface area (Å²) in [7, 11) is 1.60. The monoisotopic (exact) mass is 358 g/mol. The van der Waals surface area contributed by atoms with Crippen LogP contribution in [-0.4, -0.2) is 44.7 Å². The van der Waals surface area contributed by atoms with Gasteiger partial charge in [0.15, 0.2) is 0 Å². The zero-order valence-electron chi connectivity index (χ0n) is 15.3. The predicted octanol–water partition coefficient (Wildman–Crippen LogP) is 2.09. The Bertz CT molecular complexity index is 727. The topological polar surface area (TPSA) is 76.7 Å². The maximum absolute atomic E-state index is 12.7. The minimum atomic E-state index is -0.219. The van der Waals surface area contributed by atoms with Crippen LogP contribution in [0.5, 0.6) is 5.75 Å². The molecule has 0 aromatic heterocycles. The van der Waals surface area contributed by atoms with Gasteiger partial charge in [0, 0.05) is 43.3 Å². The molecule has 2 fully saturated rings. The molecule has 6 nitrogen and oxygen atoms in total. The molecule has 2 aliphatic heterocycles. The summed E-state index contributed by atoms with van der Waals surface area (Å²) in [4.78, 5) is 25.1. The molecule has 0 spiro atoms. The number of carbonyl (C=O) groups excluding carboxylic acids is 2. The van der Waals surface area contributed by atoms with Crippen LogP contribution in [0.2, 0.25) is 0 Å². The van der Waals surface area contributed by atoms with E-state index >= 15 is 0 Å². The summed E-state index contributed by atoms with van der Waals surface area (Å²) in [5.74, 6) is 1.52. The van der Waals surface area contributed by atoms with Gasteiger partial charge in [-0.1, -0.05) is 6.92 Å². The van der Waals surface area contributed by atoms with Crippen molar-refractivity contribution in [3.63, 3.8) is 0 Å². The lowest BCUT2D eigenvalue weighted by molar-refractivity contribution is 0.0551. The molecule has 1 saturated heterocycles. The van der Waals surface area contributed by atoms with Crippen molar-refractivity contribution < 1.29 is 19.1 Å². The molecule has 2 amide bonds. The van der Waals surface area contributed by atoms with Crippen molar-refractivity contribution in [3.8, 4) is 5.75 Å². The molecule has 140 valence electrons. The van der Waals surface area contributed by atoms with E-state index in [0.29, 0.717) is 35.3 Å². The van der Waals surface area contributed by atoms with Gasteiger partial charge in [0.1, 0.15) is 5.75 Å². The lowest BCUT2D eigenvalue weighted by Crippen LogP contribution is -2.28. The lowest BCUT2D eigenvalue weighted by Gasteiger charge is -2.27. The van der Waals surface area contributed by atoms with Gasteiger partial charge in [0.2, 0.25) is 0 Å². The van der Waals surface area contributed by atoms with Crippen LogP contribution in [0.15, 0.2) is 12.1 Å². The van der Waals surface area contributed by atoms with Gasteiger partial charge in [0.25, 0.3) is 11.8 Å². The molecule has 1 aromatic carbocycles. The average Bonchev–Trinajstić information content (AvgIpc) is 3.19. The number of nitrogens with one attached hydrogen (secondary N) is 2. The van der Waals surface area contributed by atoms with Crippen LogP contribution in [0.3, 0.4) is 0 Å². The van der Waals surface area contributed by atoms with E-state index < -0.39 is 0 Å². The smallest absolute Gasteiger partial charge is 0.254 e. The van der Waals surface area contributed by atoms with Gasteiger partial charge >= 0.3 is 0 Å². The second-order valence-electron chi connectivity index (χ2n) is 7.68. The van der Waals surface area contributed by atoms with Crippen LogP contribution in [0, 0.1) is 11.8 Å². The van der Waals surface area contributed by atoms with E-state index in [1.165, 1.54) is 0 Å². The number of amides is 2. The summed E-state index contributed by atoms with van der Waals surface area (Å²) in [6.07, 6.45) is 2.99. The number of carbonyl (C=O) groups is 2. The number of ether oxygens (including phenoxy) is 2. The van der Waals surface area contributed by atoms with Crippen molar-refractivity contribution in [2.75, 3.05) is 26.9 Å². The Morgan fingerprint density at radius 1 is 1.15 bits per heavy atom. The minimum Gasteiger partial charge on any atom is -0.492 e. The molecular formula is C20H26N2O4. The quantitative estimate of drug-likeness (QED) is 0.864. The highest BCUT2D eigenvalue weighted by Crippen LogP contribution is 2.44. The lowest BCUT2D eigenvalue weighted by atomic mass is 9.81. The summed E-state index contributed by atoms with van der Waals surface area (Å²) < 4.78 is 11.4. The zero-order valence-corrected chi connectivity index (χ0v) is 15.3. The Kier molecular flexibility index (Phi) is 4.61. The Morgan fingerprint density at radius 2 is 1.88 bits per heavy atom. The van der Waals surface area contributed by atoms with E-state index in [-0.39, 0.29) is 23.8 Å². The molecule has 0 unspecified atom stereocenters. The third kappa shape index (κ3) is 3.18. The molecular weight excluding hydrogens is 332 g/mol. The van der Waals surface area contributed by atoms with Crippen molar-refractivity contribution >= 4 is 11.8 Å². The van der Waals surface area contributed by atoms with Crippen LogP contribution in [0.1, 0.15) is 58.4 Å². The van der Waals surface area contributed by atoms with E-state index in [0.717, 1.165) is 38.0 Å². The van der Waals surface area contributed by atoms with E-state index in [4.69, 9.17) is 9.47 Å². The van der Waals surface area contributed by atoms with E-state index in [1.807, 2.05) is 6.07 Å². The summed E-state index contributed by atoms with van der Waals surface area (Å²) >= 11 is 0. The fourth-order valence-electron chi connectivity index (χ4n) is 4.07. The van der Waals surface area contributed by atoms with E-state index in [9.17, 15) is 9.59 Å². The maximum atomic E-state index is 12.7. The van der Waals surface area contributed by atoms with Crippen molar-refractivity contribution in [2.24, 2.45) is 11.8 Å². The number of rotatable bonds is 4. The van der Waals surface area contributed by atoms with Crippen LogP contribution in [-0.2, 0) is 4.74 Å². The SMILES string of the molecule is CNC(=O)c1cc(C(=O)N[C@H]2C[C@@H]2C)cc2c1OC[C@@H]2C1CCOCC1. The second kappa shape index (κ2) is 6.91. The summed E-state index contributed by atoms with van der Waals surface area (Å²) in [5.41, 5.74) is 1.99. The Hall–Kier alpha value is -2.08. The van der Waals surface area contributed by atoms with E-state index in [2.05, 4.69) is 17.6 Å². The summed E-state index contributed by atoms with van der Waals surface area (Å²) in [6, 6.07) is 3.84. The average molecular weight is 358 g/mol. The predicted molar refractivity (Wildman–Crippen MR) is 96.6 cm³/mol. The van der Waals surface area contributed by atoms with Crippen LogP contribution >= 0.6 is 0 Å². The van der Waals surface area contributed by atoms with Crippen molar-refractivity contribution in [1.29, 1.82) is 0 Å². The summed E-state index contributed by atoms with van der Waals surface area (Å²) in [5, 5.41) is 5.72. The number of hydrogen-bond donors (Lipinski definition) is 2. The molecule has 3 aliphatic rings. The highest BCUT2D eigenvalue weighted by molar-refractivity contribution is 6.02. The van der Waals surface area contributed by atoms with Gasteiger partial charge in [-0.3, -0.25) is 9.59 Å². The van der Waals surface area contributed by atoms with Crippen LogP contribution in [0.25, 0.3) is 0 Å². The molecule has 0 bridgehead atoms. The van der Waals surface area contributed by atoms with Gasteiger partial charge < -0.3 is 20.1 Å². The van der Waals surface area contributed by atoms with Gasteiger partial charge in [0.05, 0.1) is 12.2 Å². The molecule has 3 atom stereocenters. The van der Waals surface area contributed by atoms with Gasteiger partial charge in [-0.2, -0.15) is 0 Å². The molecule has 2 heterocycles. The molecule has 6 heteroatoms. The molecule has 2 N–H and O–H groups in total. The Labute approximate surface area is 153 Å². The van der Waals surface area contributed by atoms with Crippen LogP contribution < -0.4 is 15.4 Å². The minimum absolute atomic E-state index is 0.107. The molecule has 1 saturated carbocycles. The molecule has 0 radical (unpaired) electrons. The van der Waals surface area contributed by atoms with E-state index in [1.54, 1.807) is 13.1 Å². The van der Waals surface area contributed by atoms with Crippen molar-refractivity contribution in [2.45, 2.75) is 38.1 Å². The van der Waals surface area contributed by atoms with Crippen LogP contribution in [0.4, 0.5) is 0 Å².